The number of likely N-dealkylation sites (N-methyl/N-ethyl adjacent to an activating group) is 1. The normalized spacial score (nSPS) is 17.9. The molecule has 28 heavy (non-hydrogen) atoms. The van der Waals surface area contributed by atoms with E-state index in [1.54, 1.807) is 18.2 Å². The Hall–Kier alpha value is -2.74. The number of halogens is 3. The third-order valence-electron chi connectivity index (χ3n) is 4.94. The lowest BCUT2D eigenvalue weighted by atomic mass is 10.0. The lowest BCUT2D eigenvalue weighted by Gasteiger charge is -2.18. The Morgan fingerprint density at radius 2 is 1.89 bits per heavy atom. The fourth-order valence-electron chi connectivity index (χ4n) is 3.41. The molecule has 148 valence electrons. The average molecular weight is 392 g/mol. The van der Waals surface area contributed by atoms with Gasteiger partial charge in [-0.1, -0.05) is 18.2 Å². The van der Waals surface area contributed by atoms with Gasteiger partial charge < -0.3 is 18.9 Å². The van der Waals surface area contributed by atoms with E-state index in [0.29, 0.717) is 24.1 Å². The Kier molecular flexibility index (Phi) is 4.89. The van der Waals surface area contributed by atoms with Crippen LogP contribution in [0.5, 0.6) is 11.6 Å². The van der Waals surface area contributed by atoms with Crippen LogP contribution in [0.25, 0.3) is 22.1 Å². The molecule has 0 N–H and O–H groups in total. The van der Waals surface area contributed by atoms with Crippen molar-refractivity contribution in [1.82, 2.24) is 10.1 Å². The van der Waals surface area contributed by atoms with E-state index in [0.717, 1.165) is 35.9 Å². The molecule has 0 spiro atoms. The van der Waals surface area contributed by atoms with E-state index >= 15 is 0 Å². The first-order chi connectivity index (χ1) is 13.4. The fraction of sp³-hybridized carbons (Fsp3) is 0.350. The highest BCUT2D eigenvalue weighted by atomic mass is 19.4. The van der Waals surface area contributed by atoms with Crippen LogP contribution in [-0.2, 0) is 0 Å². The maximum absolute atomic E-state index is 12.3. The summed E-state index contributed by atoms with van der Waals surface area (Å²) in [6.45, 7) is 1.59. The lowest BCUT2D eigenvalue weighted by molar-refractivity contribution is -0.274. The van der Waals surface area contributed by atoms with Gasteiger partial charge in [-0.25, -0.2) is 0 Å². The predicted molar refractivity (Wildman–Crippen MR) is 97.3 cm³/mol. The van der Waals surface area contributed by atoms with Gasteiger partial charge in [-0.05, 0) is 67.0 Å². The van der Waals surface area contributed by atoms with E-state index in [1.807, 2.05) is 12.1 Å². The standard InChI is InChI=1S/C20H19F3N2O3/c1-25-10-2-3-15(25)12-26-19-17-11-14(6-9-18(17)28-24-19)13-4-7-16(8-5-13)27-20(21,22)23/h4-9,11,15H,2-3,10,12H2,1H3. The molecule has 0 aliphatic carbocycles. The molecule has 1 aliphatic heterocycles. The van der Waals surface area contributed by atoms with E-state index in [9.17, 15) is 13.2 Å². The minimum atomic E-state index is -4.71. The quantitative estimate of drug-likeness (QED) is 0.620. The van der Waals surface area contributed by atoms with Crippen molar-refractivity contribution in [2.24, 2.45) is 0 Å². The molecule has 0 saturated carbocycles. The van der Waals surface area contributed by atoms with Gasteiger partial charge in [0.1, 0.15) is 12.4 Å². The van der Waals surface area contributed by atoms with Crippen LogP contribution in [0.3, 0.4) is 0 Å². The van der Waals surface area contributed by atoms with Crippen molar-refractivity contribution in [3.05, 3.63) is 42.5 Å². The zero-order chi connectivity index (χ0) is 19.7. The van der Waals surface area contributed by atoms with Crippen LogP contribution in [0.2, 0.25) is 0 Å². The molecule has 1 aliphatic rings. The van der Waals surface area contributed by atoms with Crippen LogP contribution in [0.1, 0.15) is 12.8 Å². The van der Waals surface area contributed by atoms with Crippen molar-refractivity contribution >= 4 is 11.0 Å². The van der Waals surface area contributed by atoms with Crippen molar-refractivity contribution in [2.75, 3.05) is 20.2 Å². The molecule has 0 bridgehead atoms. The fourth-order valence-corrected chi connectivity index (χ4v) is 3.41. The third kappa shape index (κ3) is 4.06. The summed E-state index contributed by atoms with van der Waals surface area (Å²) in [5.41, 5.74) is 2.16. The van der Waals surface area contributed by atoms with Gasteiger partial charge in [-0.2, -0.15) is 0 Å². The Morgan fingerprint density at radius 3 is 2.57 bits per heavy atom. The summed E-state index contributed by atoms with van der Waals surface area (Å²) in [6.07, 6.45) is -2.46. The first kappa shape index (κ1) is 18.6. The van der Waals surface area contributed by atoms with Gasteiger partial charge in [0.15, 0.2) is 5.58 Å². The summed E-state index contributed by atoms with van der Waals surface area (Å²) >= 11 is 0. The van der Waals surface area contributed by atoms with Gasteiger partial charge >= 0.3 is 6.36 Å². The van der Waals surface area contributed by atoms with E-state index in [1.165, 1.54) is 12.1 Å². The number of fused-ring (bicyclic) bond motifs is 1. The maximum Gasteiger partial charge on any atom is 0.573 e. The maximum atomic E-state index is 12.3. The number of hydrogen-bond donors (Lipinski definition) is 0. The summed E-state index contributed by atoms with van der Waals surface area (Å²) in [5.74, 6) is 0.168. The molecular formula is C20H19F3N2O3. The number of rotatable bonds is 5. The van der Waals surface area contributed by atoms with Gasteiger partial charge in [0.2, 0.25) is 0 Å². The highest BCUT2D eigenvalue weighted by Gasteiger charge is 2.31. The third-order valence-corrected chi connectivity index (χ3v) is 4.94. The molecule has 1 unspecified atom stereocenters. The van der Waals surface area contributed by atoms with Crippen molar-refractivity contribution in [1.29, 1.82) is 0 Å². The van der Waals surface area contributed by atoms with E-state index in [-0.39, 0.29) is 5.75 Å². The number of aromatic nitrogens is 1. The molecule has 1 fully saturated rings. The Bertz CT molecular complexity index is 953. The molecule has 3 aromatic rings. The Balaban J connectivity index is 1.53. The molecule has 0 amide bonds. The van der Waals surface area contributed by atoms with Crippen LogP contribution in [0.15, 0.2) is 47.0 Å². The molecule has 4 rings (SSSR count). The van der Waals surface area contributed by atoms with Crippen LogP contribution in [-0.4, -0.2) is 42.7 Å². The summed E-state index contributed by atoms with van der Waals surface area (Å²) in [4.78, 5) is 2.26. The second kappa shape index (κ2) is 7.35. The smallest absolute Gasteiger partial charge is 0.473 e. The second-order valence-electron chi connectivity index (χ2n) is 6.86. The molecule has 0 radical (unpaired) electrons. The van der Waals surface area contributed by atoms with Crippen molar-refractivity contribution in [2.45, 2.75) is 25.2 Å². The second-order valence-corrected chi connectivity index (χ2v) is 6.86. The zero-order valence-corrected chi connectivity index (χ0v) is 15.2. The van der Waals surface area contributed by atoms with Crippen molar-refractivity contribution in [3.63, 3.8) is 0 Å². The minimum absolute atomic E-state index is 0.257. The first-order valence-electron chi connectivity index (χ1n) is 8.98. The summed E-state index contributed by atoms with van der Waals surface area (Å²) in [6, 6.07) is 11.5. The summed E-state index contributed by atoms with van der Waals surface area (Å²) in [7, 11) is 2.08. The lowest BCUT2D eigenvalue weighted by Crippen LogP contribution is -2.30. The van der Waals surface area contributed by atoms with E-state index in [4.69, 9.17) is 9.26 Å². The number of alkyl halides is 3. The summed E-state index contributed by atoms with van der Waals surface area (Å²) in [5, 5.41) is 4.74. The monoisotopic (exact) mass is 392 g/mol. The molecule has 5 nitrogen and oxygen atoms in total. The number of likely N-dealkylation sites (tertiary alicyclic amines) is 1. The Morgan fingerprint density at radius 1 is 1.14 bits per heavy atom. The number of benzene rings is 2. The topological polar surface area (TPSA) is 47.7 Å². The molecule has 1 aromatic heterocycles. The van der Waals surface area contributed by atoms with E-state index < -0.39 is 6.36 Å². The number of hydrogen-bond acceptors (Lipinski definition) is 5. The molecule has 1 atom stereocenters. The largest absolute Gasteiger partial charge is 0.573 e. The molecule has 2 aromatic carbocycles. The molecule has 8 heteroatoms. The predicted octanol–water partition coefficient (Wildman–Crippen LogP) is 4.87. The Labute approximate surface area is 159 Å². The van der Waals surface area contributed by atoms with E-state index in [2.05, 4.69) is 21.8 Å². The van der Waals surface area contributed by atoms with Gasteiger partial charge in [0.25, 0.3) is 5.88 Å². The van der Waals surface area contributed by atoms with Crippen molar-refractivity contribution in [3.8, 4) is 22.8 Å². The van der Waals surface area contributed by atoms with Crippen LogP contribution < -0.4 is 9.47 Å². The highest BCUT2D eigenvalue weighted by molar-refractivity contribution is 5.87. The summed E-state index contributed by atoms with van der Waals surface area (Å²) < 4.78 is 52.0. The number of ether oxygens (including phenoxy) is 2. The molecule has 1 saturated heterocycles. The van der Waals surface area contributed by atoms with Gasteiger partial charge in [-0.15, -0.1) is 13.2 Å². The average Bonchev–Trinajstić information content (AvgIpc) is 3.24. The van der Waals surface area contributed by atoms with Gasteiger partial charge in [0, 0.05) is 6.04 Å². The molecular weight excluding hydrogens is 373 g/mol. The molecule has 2 heterocycles. The SMILES string of the molecule is CN1CCCC1COc1noc2ccc(-c3ccc(OC(F)(F)F)cc3)cc12. The van der Waals surface area contributed by atoms with Gasteiger partial charge in [0.05, 0.1) is 5.39 Å². The highest BCUT2D eigenvalue weighted by Crippen LogP contribution is 2.32. The van der Waals surface area contributed by atoms with Gasteiger partial charge in [-0.3, -0.25) is 0 Å². The van der Waals surface area contributed by atoms with Crippen LogP contribution in [0, 0.1) is 0 Å². The van der Waals surface area contributed by atoms with Crippen molar-refractivity contribution < 1.29 is 27.2 Å². The first-order valence-corrected chi connectivity index (χ1v) is 8.98. The van der Waals surface area contributed by atoms with Crippen LogP contribution >= 0.6 is 0 Å². The van der Waals surface area contributed by atoms with Crippen LogP contribution in [0.4, 0.5) is 13.2 Å². The zero-order valence-electron chi connectivity index (χ0n) is 15.2. The number of nitrogens with zero attached hydrogens (tertiary/aromatic N) is 2. The minimum Gasteiger partial charge on any atom is -0.473 e.